The molecule has 0 aliphatic heterocycles. The maximum Gasteiger partial charge on any atom is 0.416 e. The summed E-state index contributed by atoms with van der Waals surface area (Å²) >= 11 is 3.23. The number of nitrogens with one attached hydrogen (secondary N) is 1. The van der Waals surface area contributed by atoms with Gasteiger partial charge in [-0.15, -0.1) is 0 Å². The van der Waals surface area contributed by atoms with Crippen molar-refractivity contribution in [2.24, 2.45) is 0 Å². The van der Waals surface area contributed by atoms with Crippen LogP contribution in [0.1, 0.15) is 18.4 Å². The highest BCUT2D eigenvalue weighted by Crippen LogP contribution is 2.47. The van der Waals surface area contributed by atoms with Crippen molar-refractivity contribution in [3.05, 3.63) is 23.8 Å². The molecule has 0 radical (unpaired) electrons. The molecule has 0 bridgehead atoms. The number of anilines is 1. The summed E-state index contributed by atoms with van der Waals surface area (Å²) in [5.41, 5.74) is -0.244. The van der Waals surface area contributed by atoms with Gasteiger partial charge in [0.2, 0.25) is 0 Å². The summed E-state index contributed by atoms with van der Waals surface area (Å²) in [4.78, 5) is 4.25. The molecule has 1 N–H and O–H groups in total. The highest BCUT2D eigenvalue weighted by Gasteiger charge is 2.41. The molecule has 1 heterocycles. The number of rotatable bonds is 4. The zero-order chi connectivity index (χ0) is 14.4. The Hall–Kier alpha value is -0.950. The zero-order valence-electron chi connectivity index (χ0n) is 10.8. The van der Waals surface area contributed by atoms with Gasteiger partial charge in [-0.05, 0) is 37.3 Å². The van der Waals surface area contributed by atoms with E-state index < -0.39 is 11.7 Å². The number of thioether (sulfide) groups is 1. The van der Waals surface area contributed by atoms with E-state index in [1.54, 1.807) is 0 Å². The van der Waals surface area contributed by atoms with E-state index in [4.69, 9.17) is 0 Å². The normalized spacial score (nSPS) is 17.4. The van der Waals surface area contributed by atoms with Crippen molar-refractivity contribution in [2.45, 2.75) is 23.8 Å². The molecule has 20 heavy (non-hydrogen) atoms. The van der Waals surface area contributed by atoms with Crippen molar-refractivity contribution in [3.63, 3.8) is 0 Å². The van der Waals surface area contributed by atoms with Crippen molar-refractivity contribution in [3.8, 4) is 0 Å². The Kier molecular flexibility index (Phi) is 3.36. The van der Waals surface area contributed by atoms with Crippen molar-refractivity contribution in [1.29, 1.82) is 0 Å². The van der Waals surface area contributed by atoms with Crippen LogP contribution in [0.4, 0.5) is 18.3 Å². The maximum absolute atomic E-state index is 12.6. The van der Waals surface area contributed by atoms with E-state index >= 15 is 0 Å². The van der Waals surface area contributed by atoms with Crippen molar-refractivity contribution in [1.82, 2.24) is 4.98 Å². The minimum absolute atomic E-state index is 0.301. The molecule has 2 nitrogen and oxygen atoms in total. The molecule has 1 aromatic carbocycles. The van der Waals surface area contributed by atoms with Crippen LogP contribution in [0.15, 0.2) is 18.2 Å². The van der Waals surface area contributed by atoms with Gasteiger partial charge in [0.1, 0.15) is 0 Å². The molecule has 0 atom stereocenters. The fourth-order valence-electron chi connectivity index (χ4n) is 2.01. The molecule has 0 amide bonds. The second-order valence-electron chi connectivity index (χ2n) is 4.94. The van der Waals surface area contributed by atoms with Crippen LogP contribution in [-0.2, 0) is 6.18 Å². The second kappa shape index (κ2) is 4.80. The van der Waals surface area contributed by atoms with E-state index in [-0.39, 0.29) is 0 Å². The summed E-state index contributed by atoms with van der Waals surface area (Å²) in [6, 6.07) is 3.70. The molecule has 1 aromatic heterocycles. The van der Waals surface area contributed by atoms with Crippen molar-refractivity contribution in [2.75, 3.05) is 18.1 Å². The number of hydrogen-bond donors (Lipinski definition) is 1. The molecule has 2 aromatic rings. The summed E-state index contributed by atoms with van der Waals surface area (Å²) < 4.78 is 39.0. The predicted octanol–water partition coefficient (Wildman–Crippen LogP) is 4.62. The van der Waals surface area contributed by atoms with Crippen LogP contribution in [0.25, 0.3) is 10.2 Å². The number of hydrogen-bond acceptors (Lipinski definition) is 4. The van der Waals surface area contributed by atoms with Gasteiger partial charge >= 0.3 is 6.18 Å². The third-order valence-corrected chi connectivity index (χ3v) is 5.93. The van der Waals surface area contributed by atoms with Crippen molar-refractivity contribution >= 4 is 38.4 Å². The van der Waals surface area contributed by atoms with Gasteiger partial charge in [0.15, 0.2) is 5.13 Å². The molecule has 108 valence electrons. The summed E-state index contributed by atoms with van der Waals surface area (Å²) in [6.07, 6.45) is 0.138. The largest absolute Gasteiger partial charge is 0.416 e. The van der Waals surface area contributed by atoms with Gasteiger partial charge in [-0.25, -0.2) is 4.98 Å². The number of alkyl halides is 3. The molecule has 1 aliphatic rings. The molecule has 3 rings (SSSR count). The van der Waals surface area contributed by atoms with Gasteiger partial charge in [-0.3, -0.25) is 0 Å². The fourth-order valence-corrected chi connectivity index (χ4v) is 3.58. The average Bonchev–Trinajstić information content (AvgIpc) is 3.06. The number of aromatic nitrogens is 1. The van der Waals surface area contributed by atoms with Gasteiger partial charge < -0.3 is 5.32 Å². The van der Waals surface area contributed by atoms with Crippen LogP contribution in [0.2, 0.25) is 0 Å². The quantitative estimate of drug-likeness (QED) is 0.890. The smallest absolute Gasteiger partial charge is 0.360 e. The molecule has 0 spiro atoms. The standard InChI is InChI=1S/C13H13F3N2S2/c1-19-12(4-5-12)7-17-11-18-9-6-8(13(14,15)16)2-3-10(9)20-11/h2-3,6H,4-5,7H2,1H3,(H,17,18). The first-order valence-electron chi connectivity index (χ1n) is 6.19. The maximum atomic E-state index is 12.6. The fraction of sp³-hybridized carbons (Fsp3) is 0.462. The molecular formula is C13H13F3N2S2. The van der Waals surface area contributed by atoms with Crippen LogP contribution < -0.4 is 5.32 Å². The summed E-state index contributed by atoms with van der Waals surface area (Å²) in [5.74, 6) is 0. The number of halogens is 3. The number of nitrogens with zero attached hydrogens (tertiary/aromatic N) is 1. The van der Waals surface area contributed by atoms with Crippen LogP contribution in [-0.4, -0.2) is 22.5 Å². The van der Waals surface area contributed by atoms with E-state index in [0.717, 1.165) is 23.4 Å². The van der Waals surface area contributed by atoms with Gasteiger partial charge in [-0.1, -0.05) is 11.3 Å². The number of benzene rings is 1. The summed E-state index contributed by atoms with van der Waals surface area (Å²) in [6.45, 7) is 0.820. The van der Waals surface area contributed by atoms with Gasteiger partial charge in [0.25, 0.3) is 0 Å². The van der Waals surface area contributed by atoms with E-state index in [0.29, 0.717) is 15.4 Å². The number of thiazole rings is 1. The SMILES string of the molecule is CSC1(CNc2nc3cc(C(F)(F)F)ccc3s2)CC1. The lowest BCUT2D eigenvalue weighted by Gasteiger charge is -2.11. The van der Waals surface area contributed by atoms with Crippen LogP contribution in [0.3, 0.4) is 0 Å². The predicted molar refractivity (Wildman–Crippen MR) is 78.6 cm³/mol. The van der Waals surface area contributed by atoms with Crippen LogP contribution in [0.5, 0.6) is 0 Å². The molecule has 7 heteroatoms. The van der Waals surface area contributed by atoms with E-state index in [9.17, 15) is 13.2 Å². The Bertz CT molecular complexity index is 632. The first kappa shape index (κ1) is 14.0. The second-order valence-corrected chi connectivity index (χ2v) is 7.24. The first-order valence-corrected chi connectivity index (χ1v) is 8.23. The van der Waals surface area contributed by atoms with Gasteiger partial charge in [0, 0.05) is 11.3 Å². The zero-order valence-corrected chi connectivity index (χ0v) is 12.4. The minimum atomic E-state index is -4.32. The van der Waals surface area contributed by atoms with E-state index in [1.807, 2.05) is 11.8 Å². The highest BCUT2D eigenvalue weighted by molar-refractivity contribution is 8.00. The average molecular weight is 318 g/mol. The topological polar surface area (TPSA) is 24.9 Å². The third kappa shape index (κ3) is 2.74. The Labute approximate surface area is 122 Å². The molecule has 0 unspecified atom stereocenters. The van der Waals surface area contributed by atoms with Gasteiger partial charge in [0.05, 0.1) is 15.8 Å². The van der Waals surface area contributed by atoms with Crippen LogP contribution in [0, 0.1) is 0 Å². The van der Waals surface area contributed by atoms with E-state index in [1.165, 1.54) is 30.2 Å². The molecule has 1 aliphatic carbocycles. The Morgan fingerprint density at radius 3 is 2.75 bits per heavy atom. The Morgan fingerprint density at radius 1 is 1.40 bits per heavy atom. The third-order valence-electron chi connectivity index (χ3n) is 3.52. The molecule has 0 saturated heterocycles. The summed E-state index contributed by atoms with van der Waals surface area (Å²) in [7, 11) is 0. The Balaban J connectivity index is 1.80. The lowest BCUT2D eigenvalue weighted by molar-refractivity contribution is -0.137. The highest BCUT2D eigenvalue weighted by atomic mass is 32.2. The minimum Gasteiger partial charge on any atom is -0.360 e. The van der Waals surface area contributed by atoms with Gasteiger partial charge in [-0.2, -0.15) is 24.9 Å². The van der Waals surface area contributed by atoms with Crippen LogP contribution >= 0.6 is 23.1 Å². The summed E-state index contributed by atoms with van der Waals surface area (Å²) in [5, 5.41) is 3.95. The lowest BCUT2D eigenvalue weighted by Crippen LogP contribution is -2.17. The first-order chi connectivity index (χ1) is 9.42. The molecular weight excluding hydrogens is 305 g/mol. The lowest BCUT2D eigenvalue weighted by atomic mass is 10.2. The van der Waals surface area contributed by atoms with E-state index in [2.05, 4.69) is 16.6 Å². The number of fused-ring (bicyclic) bond motifs is 1. The molecule has 1 saturated carbocycles. The Morgan fingerprint density at radius 2 is 2.15 bits per heavy atom. The molecule has 1 fully saturated rings. The van der Waals surface area contributed by atoms with Crippen molar-refractivity contribution < 1.29 is 13.2 Å². The monoisotopic (exact) mass is 318 g/mol.